The molecule has 0 amide bonds. The molecule has 0 saturated heterocycles. The first kappa shape index (κ1) is 11.3. The fourth-order valence-electron chi connectivity index (χ4n) is 1.83. The highest BCUT2D eigenvalue weighted by atomic mass is 16.6. The first-order chi connectivity index (χ1) is 9.26. The summed E-state index contributed by atoms with van der Waals surface area (Å²) in [5.41, 5.74) is 6.62. The number of hydrogen-bond donors (Lipinski definition) is 1. The highest BCUT2D eigenvalue weighted by Crippen LogP contribution is 2.33. The third-order valence-corrected chi connectivity index (χ3v) is 2.66. The number of rotatable bonds is 1. The Kier molecular flexibility index (Phi) is 2.65. The summed E-state index contributed by atoms with van der Waals surface area (Å²) in [7, 11) is 0. The van der Waals surface area contributed by atoms with E-state index in [0.29, 0.717) is 30.5 Å². The molecule has 1 aromatic heterocycles. The van der Waals surface area contributed by atoms with Crippen molar-refractivity contribution in [3.8, 4) is 29.0 Å². The number of benzene rings is 1. The highest BCUT2D eigenvalue weighted by molar-refractivity contribution is 5.63. The van der Waals surface area contributed by atoms with Crippen LogP contribution in [-0.2, 0) is 0 Å². The second-order valence-electron chi connectivity index (χ2n) is 3.97. The average molecular weight is 254 g/mol. The van der Waals surface area contributed by atoms with Gasteiger partial charge in [0.2, 0.25) is 0 Å². The normalized spacial score (nSPS) is 12.8. The monoisotopic (exact) mass is 254 g/mol. The maximum Gasteiger partial charge on any atom is 0.163 e. The molecule has 1 aliphatic heterocycles. The van der Waals surface area contributed by atoms with Crippen molar-refractivity contribution in [1.29, 1.82) is 5.26 Å². The molecule has 1 aliphatic rings. The molecule has 94 valence electrons. The van der Waals surface area contributed by atoms with Crippen LogP contribution in [0.2, 0.25) is 0 Å². The molecular formula is C13H10N4O2. The van der Waals surface area contributed by atoms with Gasteiger partial charge >= 0.3 is 0 Å². The predicted octanol–water partition coefficient (Wildman–Crippen LogP) is 1.37. The molecule has 0 fully saturated rings. The molecule has 6 heteroatoms. The van der Waals surface area contributed by atoms with E-state index < -0.39 is 0 Å². The van der Waals surface area contributed by atoms with Crippen LogP contribution in [0.25, 0.3) is 11.4 Å². The molecule has 2 N–H and O–H groups in total. The number of ether oxygens (including phenoxy) is 2. The summed E-state index contributed by atoms with van der Waals surface area (Å²) in [4.78, 5) is 8.24. The molecule has 19 heavy (non-hydrogen) atoms. The van der Waals surface area contributed by atoms with Crippen LogP contribution in [0.1, 0.15) is 5.69 Å². The van der Waals surface area contributed by atoms with Crippen LogP contribution in [-0.4, -0.2) is 23.2 Å². The molecule has 2 heterocycles. The number of hydrogen-bond acceptors (Lipinski definition) is 6. The average Bonchev–Trinajstić information content (AvgIpc) is 2.46. The third kappa shape index (κ3) is 2.13. The summed E-state index contributed by atoms with van der Waals surface area (Å²) in [5.74, 6) is 2.00. The lowest BCUT2D eigenvalue weighted by Gasteiger charge is -2.18. The lowest BCUT2D eigenvalue weighted by atomic mass is 10.1. The van der Waals surface area contributed by atoms with Crippen LogP contribution in [0, 0.1) is 11.3 Å². The number of nitrogen functional groups attached to an aromatic ring is 1. The standard InChI is InChI=1S/C13H10N4O2/c14-7-9-6-12(15)17-13(16-9)8-1-2-10-11(5-8)19-4-3-18-10/h1-2,5-6H,3-4H2,(H2,15,16,17). The van der Waals surface area contributed by atoms with E-state index in [0.717, 1.165) is 5.56 Å². The van der Waals surface area contributed by atoms with Gasteiger partial charge in [0.15, 0.2) is 17.3 Å². The number of fused-ring (bicyclic) bond motifs is 1. The van der Waals surface area contributed by atoms with Gasteiger partial charge in [0, 0.05) is 11.6 Å². The van der Waals surface area contributed by atoms with Crippen LogP contribution < -0.4 is 15.2 Å². The van der Waals surface area contributed by atoms with E-state index >= 15 is 0 Å². The van der Waals surface area contributed by atoms with Crippen LogP contribution in [0.15, 0.2) is 24.3 Å². The third-order valence-electron chi connectivity index (χ3n) is 2.66. The molecule has 3 rings (SSSR count). The van der Waals surface area contributed by atoms with E-state index in [1.165, 1.54) is 6.07 Å². The Balaban J connectivity index is 2.07. The summed E-state index contributed by atoms with van der Waals surface area (Å²) < 4.78 is 10.9. The zero-order valence-corrected chi connectivity index (χ0v) is 9.96. The van der Waals surface area contributed by atoms with E-state index in [2.05, 4.69) is 9.97 Å². The number of nitrogens with two attached hydrogens (primary N) is 1. The minimum Gasteiger partial charge on any atom is -0.486 e. The lowest BCUT2D eigenvalue weighted by molar-refractivity contribution is 0.171. The summed E-state index contributed by atoms with van der Waals surface area (Å²) in [6.45, 7) is 1.05. The largest absolute Gasteiger partial charge is 0.486 e. The molecule has 0 aliphatic carbocycles. The SMILES string of the molecule is N#Cc1cc(N)nc(-c2ccc3c(c2)OCCO3)n1. The van der Waals surface area contributed by atoms with Crippen molar-refractivity contribution in [2.75, 3.05) is 18.9 Å². The summed E-state index contributed by atoms with van der Waals surface area (Å²) >= 11 is 0. The van der Waals surface area contributed by atoms with Crippen molar-refractivity contribution in [3.63, 3.8) is 0 Å². The number of nitriles is 1. The topological polar surface area (TPSA) is 94.1 Å². The Hall–Kier alpha value is -2.81. The van der Waals surface area contributed by atoms with Crippen molar-refractivity contribution >= 4 is 5.82 Å². The minimum absolute atomic E-state index is 0.234. The van der Waals surface area contributed by atoms with Crippen LogP contribution in [0.3, 0.4) is 0 Å². The maximum absolute atomic E-state index is 8.88. The number of aromatic nitrogens is 2. The van der Waals surface area contributed by atoms with Crippen molar-refractivity contribution < 1.29 is 9.47 Å². The van der Waals surface area contributed by atoms with E-state index in [-0.39, 0.29) is 11.5 Å². The second-order valence-corrected chi connectivity index (χ2v) is 3.97. The predicted molar refractivity (Wildman–Crippen MR) is 67.6 cm³/mol. The van der Waals surface area contributed by atoms with Crippen LogP contribution in [0.4, 0.5) is 5.82 Å². The molecule has 0 bridgehead atoms. The Labute approximate surface area is 109 Å². The van der Waals surface area contributed by atoms with Crippen molar-refractivity contribution in [1.82, 2.24) is 9.97 Å². The number of nitrogens with zero attached hydrogens (tertiary/aromatic N) is 3. The first-order valence-electron chi connectivity index (χ1n) is 5.71. The van der Waals surface area contributed by atoms with Crippen molar-refractivity contribution in [2.24, 2.45) is 0 Å². The lowest BCUT2D eigenvalue weighted by Crippen LogP contribution is -2.15. The minimum atomic E-state index is 0.234. The van der Waals surface area contributed by atoms with Gasteiger partial charge < -0.3 is 15.2 Å². The van der Waals surface area contributed by atoms with Gasteiger partial charge in [0.05, 0.1) is 0 Å². The Morgan fingerprint density at radius 1 is 1.11 bits per heavy atom. The summed E-state index contributed by atoms with van der Waals surface area (Å²) in [6, 6.07) is 8.77. The van der Waals surface area contributed by atoms with Gasteiger partial charge in [-0.25, -0.2) is 9.97 Å². The summed E-state index contributed by atoms with van der Waals surface area (Å²) in [5, 5.41) is 8.88. The van der Waals surface area contributed by atoms with Crippen LogP contribution in [0.5, 0.6) is 11.5 Å². The highest BCUT2D eigenvalue weighted by Gasteiger charge is 2.14. The smallest absolute Gasteiger partial charge is 0.163 e. The zero-order chi connectivity index (χ0) is 13.2. The van der Waals surface area contributed by atoms with Gasteiger partial charge in [-0.2, -0.15) is 5.26 Å². The quantitative estimate of drug-likeness (QED) is 0.825. The Morgan fingerprint density at radius 2 is 1.89 bits per heavy atom. The molecule has 0 spiro atoms. The van der Waals surface area contributed by atoms with E-state index in [1.807, 2.05) is 12.1 Å². The summed E-state index contributed by atoms with van der Waals surface area (Å²) in [6.07, 6.45) is 0. The molecule has 6 nitrogen and oxygen atoms in total. The van der Waals surface area contributed by atoms with E-state index in [9.17, 15) is 0 Å². The fraction of sp³-hybridized carbons (Fsp3) is 0.154. The Bertz CT molecular complexity index is 679. The molecule has 0 unspecified atom stereocenters. The van der Waals surface area contributed by atoms with Crippen LogP contribution >= 0.6 is 0 Å². The van der Waals surface area contributed by atoms with Gasteiger partial charge in [-0.1, -0.05) is 0 Å². The molecule has 0 radical (unpaired) electrons. The van der Waals surface area contributed by atoms with E-state index in [4.69, 9.17) is 20.5 Å². The first-order valence-corrected chi connectivity index (χ1v) is 5.71. The van der Waals surface area contributed by atoms with E-state index in [1.54, 1.807) is 12.1 Å². The maximum atomic E-state index is 8.88. The zero-order valence-electron chi connectivity index (χ0n) is 9.96. The molecular weight excluding hydrogens is 244 g/mol. The molecule has 0 atom stereocenters. The van der Waals surface area contributed by atoms with Gasteiger partial charge in [0.25, 0.3) is 0 Å². The van der Waals surface area contributed by atoms with Crippen molar-refractivity contribution in [2.45, 2.75) is 0 Å². The fourth-order valence-corrected chi connectivity index (χ4v) is 1.83. The van der Waals surface area contributed by atoms with Gasteiger partial charge in [0.1, 0.15) is 30.8 Å². The van der Waals surface area contributed by atoms with Crippen molar-refractivity contribution in [3.05, 3.63) is 30.0 Å². The van der Waals surface area contributed by atoms with Gasteiger partial charge in [-0.15, -0.1) is 0 Å². The second kappa shape index (κ2) is 4.46. The molecule has 0 saturated carbocycles. The molecule has 1 aromatic carbocycles. The Morgan fingerprint density at radius 3 is 2.68 bits per heavy atom. The molecule has 2 aromatic rings. The van der Waals surface area contributed by atoms with Gasteiger partial charge in [-0.3, -0.25) is 0 Å². The number of anilines is 1. The van der Waals surface area contributed by atoms with Gasteiger partial charge in [-0.05, 0) is 18.2 Å².